The van der Waals surface area contributed by atoms with Gasteiger partial charge in [0.2, 0.25) is 5.91 Å². The predicted octanol–water partition coefficient (Wildman–Crippen LogP) is 1.11. The summed E-state index contributed by atoms with van der Waals surface area (Å²) in [6.45, 7) is 2.38. The fraction of sp³-hybridized carbons (Fsp3) is 0.267. The first-order valence-electron chi connectivity index (χ1n) is 6.63. The molecule has 0 spiro atoms. The van der Waals surface area contributed by atoms with E-state index in [9.17, 15) is 9.59 Å². The van der Waals surface area contributed by atoms with Crippen molar-refractivity contribution in [3.05, 3.63) is 53.3 Å². The van der Waals surface area contributed by atoms with Crippen molar-refractivity contribution in [1.29, 1.82) is 0 Å². The average molecular weight is 286 g/mol. The van der Waals surface area contributed by atoms with Crippen LogP contribution in [0.4, 0.5) is 0 Å². The number of likely N-dealkylation sites (N-methyl/N-ethyl adjacent to an activating group) is 1. The van der Waals surface area contributed by atoms with Crippen molar-refractivity contribution in [1.82, 2.24) is 20.4 Å². The Morgan fingerprint density at radius 2 is 2.00 bits per heavy atom. The van der Waals surface area contributed by atoms with Crippen LogP contribution in [0, 0.1) is 6.92 Å². The topological polar surface area (TPSA) is 78.1 Å². The lowest BCUT2D eigenvalue weighted by atomic mass is 10.1. The highest BCUT2D eigenvalue weighted by atomic mass is 16.2. The molecule has 21 heavy (non-hydrogen) atoms. The number of aryl methyl sites for hydroxylation is 1. The maximum absolute atomic E-state index is 11.9. The zero-order valence-electron chi connectivity index (χ0n) is 12.1. The summed E-state index contributed by atoms with van der Waals surface area (Å²) in [6.07, 6.45) is 3.39. The van der Waals surface area contributed by atoms with E-state index in [4.69, 9.17) is 0 Å². The molecule has 0 radical (unpaired) electrons. The molecule has 2 aromatic rings. The fourth-order valence-corrected chi connectivity index (χ4v) is 1.82. The predicted molar refractivity (Wildman–Crippen MR) is 78.6 cm³/mol. The Hall–Kier alpha value is -2.63. The van der Waals surface area contributed by atoms with E-state index in [1.807, 2.05) is 19.1 Å². The van der Waals surface area contributed by atoms with E-state index >= 15 is 0 Å². The van der Waals surface area contributed by atoms with Crippen LogP contribution in [0.1, 0.15) is 21.5 Å². The fourth-order valence-electron chi connectivity index (χ4n) is 1.82. The number of nitrogens with zero attached hydrogens (tertiary/aromatic N) is 2. The van der Waals surface area contributed by atoms with E-state index in [-0.39, 0.29) is 18.4 Å². The highest BCUT2D eigenvalue weighted by molar-refractivity contribution is 5.96. The third-order valence-electron chi connectivity index (χ3n) is 3.11. The Kier molecular flexibility index (Phi) is 4.71. The van der Waals surface area contributed by atoms with Gasteiger partial charge in [-0.2, -0.15) is 5.10 Å². The third-order valence-corrected chi connectivity index (χ3v) is 3.11. The molecule has 1 heterocycles. The highest BCUT2D eigenvalue weighted by Crippen LogP contribution is 2.03. The van der Waals surface area contributed by atoms with Gasteiger partial charge in [0, 0.05) is 30.9 Å². The lowest BCUT2D eigenvalue weighted by Gasteiger charge is -2.16. The second-order valence-corrected chi connectivity index (χ2v) is 4.91. The van der Waals surface area contributed by atoms with Gasteiger partial charge in [-0.15, -0.1) is 0 Å². The van der Waals surface area contributed by atoms with Gasteiger partial charge in [0.1, 0.15) is 0 Å². The maximum Gasteiger partial charge on any atom is 0.251 e. The molecule has 0 saturated carbocycles. The number of carbonyl (C=O) groups is 2. The van der Waals surface area contributed by atoms with Crippen LogP contribution in [0.15, 0.2) is 36.7 Å². The number of benzene rings is 1. The molecular weight excluding hydrogens is 268 g/mol. The molecule has 2 N–H and O–H groups in total. The van der Waals surface area contributed by atoms with Gasteiger partial charge >= 0.3 is 0 Å². The molecular formula is C15H18N4O2. The monoisotopic (exact) mass is 286 g/mol. The minimum absolute atomic E-state index is 0.0267. The smallest absolute Gasteiger partial charge is 0.251 e. The van der Waals surface area contributed by atoms with Crippen molar-refractivity contribution < 1.29 is 9.59 Å². The van der Waals surface area contributed by atoms with E-state index in [2.05, 4.69) is 15.5 Å². The number of aromatic nitrogens is 2. The van der Waals surface area contributed by atoms with Crippen molar-refractivity contribution in [3.8, 4) is 0 Å². The van der Waals surface area contributed by atoms with Gasteiger partial charge in [0.05, 0.1) is 12.7 Å². The summed E-state index contributed by atoms with van der Waals surface area (Å²) in [5.41, 5.74) is 2.55. The van der Waals surface area contributed by atoms with Crippen LogP contribution in [-0.2, 0) is 11.3 Å². The lowest BCUT2D eigenvalue weighted by molar-refractivity contribution is -0.129. The summed E-state index contributed by atoms with van der Waals surface area (Å²) in [5.74, 6) is -0.406. The summed E-state index contributed by atoms with van der Waals surface area (Å²) in [5, 5.41) is 9.14. The number of hydrogen-bond donors (Lipinski definition) is 2. The third kappa shape index (κ3) is 4.17. The van der Waals surface area contributed by atoms with Crippen LogP contribution in [0.5, 0.6) is 0 Å². The number of amides is 2. The van der Waals surface area contributed by atoms with Gasteiger partial charge in [0.25, 0.3) is 5.91 Å². The molecule has 0 aliphatic rings. The number of nitrogens with one attached hydrogen (secondary N) is 2. The molecule has 2 rings (SSSR count). The van der Waals surface area contributed by atoms with Crippen molar-refractivity contribution in [2.75, 3.05) is 13.6 Å². The number of rotatable bonds is 5. The Labute approximate surface area is 123 Å². The first-order chi connectivity index (χ1) is 10.1. The van der Waals surface area contributed by atoms with Gasteiger partial charge in [-0.3, -0.25) is 14.7 Å². The minimum Gasteiger partial charge on any atom is -0.343 e. The summed E-state index contributed by atoms with van der Waals surface area (Å²) in [6, 6.07) is 7.21. The second kappa shape index (κ2) is 6.69. The largest absolute Gasteiger partial charge is 0.343 e. The molecule has 0 saturated heterocycles. The normalized spacial score (nSPS) is 10.2. The summed E-state index contributed by atoms with van der Waals surface area (Å²) >= 11 is 0. The van der Waals surface area contributed by atoms with Gasteiger partial charge in [-0.05, 0) is 19.1 Å². The first kappa shape index (κ1) is 14.8. The summed E-state index contributed by atoms with van der Waals surface area (Å²) in [4.78, 5) is 25.4. The summed E-state index contributed by atoms with van der Waals surface area (Å²) in [7, 11) is 1.69. The molecule has 1 aromatic carbocycles. The number of hydrogen-bond acceptors (Lipinski definition) is 3. The summed E-state index contributed by atoms with van der Waals surface area (Å²) < 4.78 is 0. The van der Waals surface area contributed by atoms with Gasteiger partial charge < -0.3 is 10.2 Å². The molecule has 1 aromatic heterocycles. The van der Waals surface area contributed by atoms with E-state index < -0.39 is 0 Å². The van der Waals surface area contributed by atoms with Crippen LogP contribution >= 0.6 is 0 Å². The van der Waals surface area contributed by atoms with Gasteiger partial charge in [-0.25, -0.2) is 0 Å². The van der Waals surface area contributed by atoms with Crippen LogP contribution in [0.3, 0.4) is 0 Å². The maximum atomic E-state index is 11.9. The Morgan fingerprint density at radius 3 is 2.62 bits per heavy atom. The molecule has 0 atom stereocenters. The molecule has 6 heteroatoms. The van der Waals surface area contributed by atoms with Crippen molar-refractivity contribution in [3.63, 3.8) is 0 Å². The molecule has 0 aliphatic carbocycles. The molecule has 0 fully saturated rings. The minimum atomic E-state index is -0.250. The van der Waals surface area contributed by atoms with Crippen molar-refractivity contribution >= 4 is 11.8 Å². The second-order valence-electron chi connectivity index (χ2n) is 4.91. The van der Waals surface area contributed by atoms with Crippen LogP contribution < -0.4 is 5.32 Å². The molecule has 2 amide bonds. The number of aromatic amines is 1. The SMILES string of the molecule is Cc1ccc(C(=O)NCC(=O)N(C)Cc2cn[nH]c2)cc1. The van der Waals surface area contributed by atoms with Crippen molar-refractivity contribution in [2.45, 2.75) is 13.5 Å². The van der Waals surface area contributed by atoms with E-state index in [1.165, 1.54) is 0 Å². The zero-order valence-corrected chi connectivity index (χ0v) is 12.1. The van der Waals surface area contributed by atoms with Gasteiger partial charge in [-0.1, -0.05) is 17.7 Å². The van der Waals surface area contributed by atoms with Crippen LogP contribution in [-0.4, -0.2) is 40.5 Å². The van der Waals surface area contributed by atoms with E-state index in [1.54, 1.807) is 36.5 Å². The van der Waals surface area contributed by atoms with E-state index in [0.29, 0.717) is 12.1 Å². The first-order valence-corrected chi connectivity index (χ1v) is 6.63. The molecule has 0 aliphatic heterocycles. The van der Waals surface area contributed by atoms with E-state index in [0.717, 1.165) is 11.1 Å². The van der Waals surface area contributed by atoms with Crippen LogP contribution in [0.25, 0.3) is 0 Å². The highest BCUT2D eigenvalue weighted by Gasteiger charge is 2.12. The molecule has 110 valence electrons. The Morgan fingerprint density at radius 1 is 1.29 bits per heavy atom. The Balaban J connectivity index is 1.83. The standard InChI is InChI=1S/C15H18N4O2/c1-11-3-5-13(6-4-11)15(21)16-9-14(20)19(2)10-12-7-17-18-8-12/h3-8H,9-10H2,1-2H3,(H,16,21)(H,17,18). The zero-order chi connectivity index (χ0) is 15.2. The van der Waals surface area contributed by atoms with Crippen molar-refractivity contribution in [2.24, 2.45) is 0 Å². The number of H-pyrrole nitrogens is 1. The van der Waals surface area contributed by atoms with Crippen LogP contribution in [0.2, 0.25) is 0 Å². The number of carbonyl (C=O) groups excluding carboxylic acids is 2. The molecule has 6 nitrogen and oxygen atoms in total. The molecule has 0 bridgehead atoms. The lowest BCUT2D eigenvalue weighted by Crippen LogP contribution is -2.37. The molecule has 0 unspecified atom stereocenters. The van der Waals surface area contributed by atoms with Gasteiger partial charge in [0.15, 0.2) is 0 Å². The quantitative estimate of drug-likeness (QED) is 0.864. The average Bonchev–Trinajstić information content (AvgIpc) is 2.98. The Bertz CT molecular complexity index is 605.